The van der Waals surface area contributed by atoms with Crippen molar-refractivity contribution in [1.29, 1.82) is 0 Å². The number of rotatable bonds is 3. The topological polar surface area (TPSA) is 86.8 Å². The number of hydrogen-bond donors (Lipinski definition) is 1. The number of aryl methyl sites for hydroxylation is 1. The molecule has 0 saturated heterocycles. The zero-order valence-electron chi connectivity index (χ0n) is 14.9. The van der Waals surface area contributed by atoms with Crippen molar-refractivity contribution in [2.45, 2.75) is 26.7 Å². The van der Waals surface area contributed by atoms with Gasteiger partial charge in [0.2, 0.25) is 0 Å². The molecule has 0 saturated carbocycles. The van der Waals surface area contributed by atoms with Gasteiger partial charge in [0.15, 0.2) is 11.6 Å². The van der Waals surface area contributed by atoms with Crippen molar-refractivity contribution in [3.8, 4) is 23.3 Å². The lowest BCUT2D eigenvalue weighted by Gasteiger charge is -2.14. The van der Waals surface area contributed by atoms with E-state index in [-0.39, 0.29) is 5.92 Å². The molecule has 0 atom stereocenters. The third-order valence-electron chi connectivity index (χ3n) is 3.62. The number of anilines is 1. The lowest BCUT2D eigenvalue weighted by molar-refractivity contribution is 0.469. The van der Waals surface area contributed by atoms with Gasteiger partial charge in [-0.2, -0.15) is 0 Å². The molecule has 0 radical (unpaired) electrons. The Morgan fingerprint density at radius 3 is 2.50 bits per heavy atom. The molecule has 3 aromatic heterocycles. The van der Waals surface area contributed by atoms with Crippen LogP contribution in [0.15, 0.2) is 42.9 Å². The first kappa shape index (κ1) is 17.4. The molecule has 0 fully saturated rings. The van der Waals surface area contributed by atoms with Crippen LogP contribution in [0.3, 0.4) is 0 Å². The molecule has 0 amide bonds. The summed E-state index contributed by atoms with van der Waals surface area (Å²) in [6.45, 7) is 5.91. The monoisotopic (exact) mass is 345 g/mol. The number of nitrogens with zero attached hydrogens (tertiary/aromatic N) is 4. The Balaban J connectivity index is 1.96. The maximum atomic E-state index is 5.98. The number of hydrogen-bond acceptors (Lipinski definition) is 6. The van der Waals surface area contributed by atoms with Gasteiger partial charge in [0.05, 0.1) is 6.20 Å². The van der Waals surface area contributed by atoms with Crippen LogP contribution in [0.4, 0.5) is 5.82 Å². The highest BCUT2D eigenvalue weighted by Gasteiger charge is 2.13. The van der Waals surface area contributed by atoms with Crippen molar-refractivity contribution in [3.63, 3.8) is 0 Å². The van der Waals surface area contributed by atoms with E-state index in [4.69, 9.17) is 10.5 Å². The summed E-state index contributed by atoms with van der Waals surface area (Å²) in [6, 6.07) is 7.38. The van der Waals surface area contributed by atoms with Crippen LogP contribution in [0.1, 0.15) is 42.5 Å². The van der Waals surface area contributed by atoms with Crippen LogP contribution in [-0.2, 0) is 0 Å². The molecule has 0 aliphatic carbocycles. The second kappa shape index (κ2) is 7.62. The molecule has 0 spiro atoms. The molecule has 2 N–H and O–H groups in total. The third kappa shape index (κ3) is 4.14. The minimum atomic E-state index is 0.225. The summed E-state index contributed by atoms with van der Waals surface area (Å²) >= 11 is 0. The first-order valence-corrected chi connectivity index (χ1v) is 8.23. The largest absolute Gasteiger partial charge is 0.451 e. The third-order valence-corrected chi connectivity index (χ3v) is 3.62. The lowest BCUT2D eigenvalue weighted by atomic mass is 10.0. The van der Waals surface area contributed by atoms with E-state index in [9.17, 15) is 0 Å². The van der Waals surface area contributed by atoms with Crippen LogP contribution >= 0.6 is 0 Å². The van der Waals surface area contributed by atoms with E-state index in [1.807, 2.05) is 18.2 Å². The number of ether oxygens (including phenoxy) is 1. The summed E-state index contributed by atoms with van der Waals surface area (Å²) in [5.41, 5.74) is 8.16. The van der Waals surface area contributed by atoms with E-state index < -0.39 is 0 Å². The van der Waals surface area contributed by atoms with E-state index in [1.165, 1.54) is 0 Å². The molecule has 3 aromatic rings. The Bertz CT molecular complexity index is 974. The maximum Gasteiger partial charge on any atom is 0.187 e. The first-order valence-electron chi connectivity index (χ1n) is 8.23. The Hall–Kier alpha value is -3.46. The van der Waals surface area contributed by atoms with Crippen LogP contribution in [0.5, 0.6) is 11.5 Å². The fourth-order valence-electron chi connectivity index (χ4n) is 2.28. The summed E-state index contributed by atoms with van der Waals surface area (Å²) in [5, 5.41) is 0. The number of nitrogens with two attached hydrogens (primary N) is 1. The summed E-state index contributed by atoms with van der Waals surface area (Å²) in [6.07, 6.45) is 5.04. The smallest absolute Gasteiger partial charge is 0.187 e. The van der Waals surface area contributed by atoms with Gasteiger partial charge in [0, 0.05) is 24.0 Å². The number of aromatic nitrogens is 4. The second-order valence-electron chi connectivity index (χ2n) is 6.00. The molecule has 0 bridgehead atoms. The second-order valence-corrected chi connectivity index (χ2v) is 6.00. The SMILES string of the molecule is Cc1ncc(Oc2cc(C#Cc3ccccn3)ncc2C(C)C)c(N)n1. The molecule has 6 nitrogen and oxygen atoms in total. The van der Waals surface area contributed by atoms with Gasteiger partial charge in [-0.05, 0) is 36.8 Å². The van der Waals surface area contributed by atoms with Crippen molar-refractivity contribution >= 4 is 5.82 Å². The van der Waals surface area contributed by atoms with Gasteiger partial charge >= 0.3 is 0 Å². The summed E-state index contributed by atoms with van der Waals surface area (Å²) in [4.78, 5) is 16.9. The van der Waals surface area contributed by atoms with Gasteiger partial charge in [0.25, 0.3) is 0 Å². The highest BCUT2D eigenvalue weighted by atomic mass is 16.5. The summed E-state index contributed by atoms with van der Waals surface area (Å²) in [5.74, 6) is 8.16. The predicted octanol–water partition coefficient (Wildman–Crippen LogP) is 3.47. The van der Waals surface area contributed by atoms with Crippen LogP contribution in [0.2, 0.25) is 0 Å². The van der Waals surface area contributed by atoms with E-state index in [0.29, 0.717) is 34.5 Å². The van der Waals surface area contributed by atoms with Crippen LogP contribution < -0.4 is 10.5 Å². The van der Waals surface area contributed by atoms with Gasteiger partial charge in [-0.25, -0.2) is 19.9 Å². The summed E-state index contributed by atoms with van der Waals surface area (Å²) in [7, 11) is 0. The van der Waals surface area contributed by atoms with Gasteiger partial charge in [-0.3, -0.25) is 0 Å². The molecule has 6 heteroatoms. The van der Waals surface area contributed by atoms with Gasteiger partial charge in [-0.1, -0.05) is 19.9 Å². The van der Waals surface area contributed by atoms with E-state index in [1.54, 1.807) is 31.6 Å². The van der Waals surface area contributed by atoms with Crippen molar-refractivity contribution < 1.29 is 4.74 Å². The van der Waals surface area contributed by atoms with E-state index in [2.05, 4.69) is 45.6 Å². The van der Waals surface area contributed by atoms with Crippen molar-refractivity contribution in [2.24, 2.45) is 0 Å². The average Bonchev–Trinajstić information content (AvgIpc) is 2.63. The molecule has 0 unspecified atom stereocenters. The zero-order chi connectivity index (χ0) is 18.5. The quantitative estimate of drug-likeness (QED) is 0.731. The fraction of sp³-hybridized carbons (Fsp3) is 0.200. The Labute approximate surface area is 152 Å². The molecule has 0 aliphatic heterocycles. The van der Waals surface area contributed by atoms with Crippen molar-refractivity contribution in [1.82, 2.24) is 19.9 Å². The minimum absolute atomic E-state index is 0.225. The van der Waals surface area contributed by atoms with Crippen LogP contribution in [-0.4, -0.2) is 19.9 Å². The first-order chi connectivity index (χ1) is 12.5. The molecule has 0 aliphatic rings. The molecule has 0 aromatic carbocycles. The van der Waals surface area contributed by atoms with E-state index in [0.717, 1.165) is 5.56 Å². The van der Waals surface area contributed by atoms with Crippen molar-refractivity contribution in [2.75, 3.05) is 5.73 Å². The normalized spacial score (nSPS) is 10.3. The fourth-order valence-corrected chi connectivity index (χ4v) is 2.28. The van der Waals surface area contributed by atoms with Gasteiger partial charge in [-0.15, -0.1) is 0 Å². The van der Waals surface area contributed by atoms with Crippen molar-refractivity contribution in [3.05, 3.63) is 65.6 Å². The minimum Gasteiger partial charge on any atom is -0.451 e. The number of pyridine rings is 2. The lowest BCUT2D eigenvalue weighted by Crippen LogP contribution is -2.02. The Kier molecular flexibility index (Phi) is 5.09. The van der Waals surface area contributed by atoms with Crippen LogP contribution in [0.25, 0.3) is 0 Å². The van der Waals surface area contributed by atoms with Gasteiger partial charge in [0.1, 0.15) is 23.0 Å². The molecular formula is C20H19N5O. The molecule has 3 rings (SSSR count). The molecule has 26 heavy (non-hydrogen) atoms. The summed E-state index contributed by atoms with van der Waals surface area (Å²) < 4.78 is 5.98. The molecular weight excluding hydrogens is 326 g/mol. The number of nitrogen functional groups attached to an aromatic ring is 1. The van der Waals surface area contributed by atoms with Gasteiger partial charge < -0.3 is 10.5 Å². The Morgan fingerprint density at radius 2 is 1.81 bits per heavy atom. The predicted molar refractivity (Wildman–Crippen MR) is 99.8 cm³/mol. The standard InChI is InChI=1S/C20H19N5O/c1-13(2)17-11-24-16(8-7-15-6-4-5-9-22-15)10-18(17)26-19-12-23-14(3)25-20(19)21/h4-6,9-13H,1-3H3,(H2,21,23,25). The average molecular weight is 345 g/mol. The molecule has 130 valence electrons. The maximum absolute atomic E-state index is 5.98. The van der Waals surface area contributed by atoms with Crippen LogP contribution in [0, 0.1) is 18.8 Å². The Morgan fingerprint density at radius 1 is 1.00 bits per heavy atom. The van der Waals surface area contributed by atoms with E-state index >= 15 is 0 Å². The highest BCUT2D eigenvalue weighted by Crippen LogP contribution is 2.32. The zero-order valence-corrected chi connectivity index (χ0v) is 14.9. The highest BCUT2D eigenvalue weighted by molar-refractivity contribution is 5.50. The molecule has 3 heterocycles.